The normalized spacial score (nSPS) is 57.8. The molecule has 0 saturated heterocycles. The monoisotopic (exact) mass is 306 g/mol. The van der Waals surface area contributed by atoms with Gasteiger partial charge >= 0.3 is 0 Å². The highest BCUT2D eigenvalue weighted by molar-refractivity contribution is 5.15. The van der Waals surface area contributed by atoms with Crippen LogP contribution in [0.3, 0.4) is 0 Å². The van der Waals surface area contributed by atoms with E-state index in [0.717, 1.165) is 31.1 Å². The summed E-state index contributed by atoms with van der Waals surface area (Å²) in [5, 5.41) is 22.0. The van der Waals surface area contributed by atoms with Crippen LogP contribution in [0.2, 0.25) is 0 Å². The van der Waals surface area contributed by atoms with Gasteiger partial charge < -0.3 is 10.2 Å². The number of rotatable bonds is 1. The molecule has 7 atom stereocenters. The highest BCUT2D eigenvalue weighted by Gasteiger charge is 2.66. The molecule has 0 unspecified atom stereocenters. The first-order chi connectivity index (χ1) is 10.5. The Balaban J connectivity index is 1.75. The molecule has 4 rings (SSSR count). The maximum atomic E-state index is 11.6. The van der Waals surface area contributed by atoms with E-state index in [-0.39, 0.29) is 12.0 Å². The molecular weight excluding hydrogens is 272 g/mol. The molecule has 0 radical (unpaired) electrons. The van der Waals surface area contributed by atoms with Crippen LogP contribution < -0.4 is 0 Å². The van der Waals surface area contributed by atoms with Gasteiger partial charge in [-0.2, -0.15) is 0 Å². The molecule has 126 valence electrons. The molecule has 0 amide bonds. The minimum Gasteiger partial charge on any atom is -0.396 e. The summed E-state index contributed by atoms with van der Waals surface area (Å²) in [7, 11) is 0. The van der Waals surface area contributed by atoms with Gasteiger partial charge in [-0.15, -0.1) is 0 Å². The lowest BCUT2D eigenvalue weighted by atomic mass is 9.41. The third kappa shape index (κ3) is 1.75. The molecule has 2 nitrogen and oxygen atoms in total. The number of aliphatic hydroxyl groups is 2. The zero-order valence-corrected chi connectivity index (χ0v) is 14.5. The Morgan fingerprint density at radius 1 is 0.955 bits per heavy atom. The number of fused-ring (bicyclic) bond motifs is 5. The summed E-state index contributed by atoms with van der Waals surface area (Å²) in [4.78, 5) is 0. The summed E-state index contributed by atoms with van der Waals surface area (Å²) < 4.78 is 0. The number of aliphatic hydroxyl groups excluding tert-OH is 1. The van der Waals surface area contributed by atoms with Crippen LogP contribution in [0, 0.1) is 34.5 Å². The van der Waals surface area contributed by atoms with Gasteiger partial charge in [0.05, 0.1) is 12.2 Å². The predicted octanol–water partition coefficient (Wildman–Crippen LogP) is 4.14. The number of hydrogen-bond donors (Lipinski definition) is 2. The van der Waals surface area contributed by atoms with Crippen LogP contribution in [0.4, 0.5) is 0 Å². The Hall–Kier alpha value is -0.0800. The molecule has 22 heavy (non-hydrogen) atoms. The fourth-order valence-electron chi connectivity index (χ4n) is 7.78. The summed E-state index contributed by atoms with van der Waals surface area (Å²) in [5.74, 6) is 2.52. The van der Waals surface area contributed by atoms with E-state index in [4.69, 9.17) is 0 Å². The Labute approximate surface area is 135 Å². The molecule has 0 spiro atoms. The first-order valence-corrected chi connectivity index (χ1v) is 9.80. The van der Waals surface area contributed by atoms with E-state index in [1.54, 1.807) is 0 Å². The maximum absolute atomic E-state index is 11.6. The van der Waals surface area contributed by atoms with Crippen LogP contribution in [0.5, 0.6) is 0 Å². The minimum atomic E-state index is -0.604. The standard InChI is InChI=1S/C20H34O2/c1-14-12-15-16-6-5-8-18(16,2)11-7-17(15)19(13-21)9-3-4-10-20(14,19)22/h14-17,21-22H,3-13H2,1-2H3/t14-,15+,16+,17+,18+,19+,20+/m1/s1. The van der Waals surface area contributed by atoms with Gasteiger partial charge in [-0.1, -0.05) is 33.1 Å². The van der Waals surface area contributed by atoms with Crippen molar-refractivity contribution in [1.82, 2.24) is 0 Å². The molecule has 0 bridgehead atoms. The summed E-state index contributed by atoms with van der Waals surface area (Å²) in [5.41, 5.74) is -0.243. The van der Waals surface area contributed by atoms with E-state index in [9.17, 15) is 10.2 Å². The molecule has 4 saturated carbocycles. The van der Waals surface area contributed by atoms with E-state index in [1.807, 2.05) is 0 Å². The molecule has 4 aliphatic carbocycles. The van der Waals surface area contributed by atoms with Gasteiger partial charge in [0.1, 0.15) is 0 Å². The molecule has 2 heteroatoms. The topological polar surface area (TPSA) is 40.5 Å². The lowest BCUT2D eigenvalue weighted by molar-refractivity contribution is -0.248. The average Bonchev–Trinajstić information content (AvgIpc) is 2.90. The Morgan fingerprint density at radius 3 is 2.50 bits per heavy atom. The predicted molar refractivity (Wildman–Crippen MR) is 88.4 cm³/mol. The molecule has 0 aromatic heterocycles. The average molecular weight is 306 g/mol. The van der Waals surface area contributed by atoms with Crippen molar-refractivity contribution in [2.75, 3.05) is 6.61 Å². The third-order valence-corrected chi connectivity index (χ3v) is 8.94. The van der Waals surface area contributed by atoms with Crippen molar-refractivity contribution in [3.05, 3.63) is 0 Å². The van der Waals surface area contributed by atoms with Crippen LogP contribution in [0.1, 0.15) is 78.1 Å². The molecule has 4 fully saturated rings. The fraction of sp³-hybridized carbons (Fsp3) is 1.00. The van der Waals surface area contributed by atoms with Gasteiger partial charge in [0.25, 0.3) is 0 Å². The van der Waals surface area contributed by atoms with Crippen LogP contribution in [-0.4, -0.2) is 22.4 Å². The van der Waals surface area contributed by atoms with Crippen LogP contribution >= 0.6 is 0 Å². The van der Waals surface area contributed by atoms with Gasteiger partial charge in [0.2, 0.25) is 0 Å². The van der Waals surface area contributed by atoms with Crippen molar-refractivity contribution in [2.45, 2.75) is 83.7 Å². The van der Waals surface area contributed by atoms with Gasteiger partial charge in [0.15, 0.2) is 0 Å². The van der Waals surface area contributed by atoms with Crippen molar-refractivity contribution in [1.29, 1.82) is 0 Å². The van der Waals surface area contributed by atoms with Crippen molar-refractivity contribution >= 4 is 0 Å². The summed E-state index contributed by atoms with van der Waals surface area (Å²) in [6.45, 7) is 5.00. The Kier molecular flexibility index (Phi) is 3.48. The highest BCUT2D eigenvalue weighted by atomic mass is 16.3. The van der Waals surface area contributed by atoms with Crippen LogP contribution in [0.25, 0.3) is 0 Å². The fourth-order valence-corrected chi connectivity index (χ4v) is 7.78. The van der Waals surface area contributed by atoms with Gasteiger partial charge in [-0.25, -0.2) is 0 Å². The quantitative estimate of drug-likeness (QED) is 0.764. The zero-order chi connectivity index (χ0) is 15.6. The zero-order valence-electron chi connectivity index (χ0n) is 14.5. The van der Waals surface area contributed by atoms with E-state index in [2.05, 4.69) is 13.8 Å². The summed E-state index contributed by atoms with van der Waals surface area (Å²) in [6.07, 6.45) is 12.3. The first-order valence-electron chi connectivity index (χ1n) is 9.80. The summed E-state index contributed by atoms with van der Waals surface area (Å²) >= 11 is 0. The molecule has 0 heterocycles. The van der Waals surface area contributed by atoms with Crippen molar-refractivity contribution in [2.24, 2.45) is 34.5 Å². The van der Waals surface area contributed by atoms with Gasteiger partial charge in [-0.05, 0) is 74.0 Å². The third-order valence-electron chi connectivity index (χ3n) is 8.94. The summed E-state index contributed by atoms with van der Waals surface area (Å²) in [6, 6.07) is 0. The second-order valence-corrected chi connectivity index (χ2v) is 9.54. The SMILES string of the molecule is C[C@@H]1C[C@H]2[C@@H]3CCC[C@@]3(C)CC[C@@H]2[C@@]2(CO)CCCC[C@]12O. The molecular formula is C20H34O2. The Morgan fingerprint density at radius 2 is 1.73 bits per heavy atom. The van der Waals surface area contributed by atoms with Crippen molar-refractivity contribution in [3.8, 4) is 0 Å². The minimum absolute atomic E-state index is 0.197. The van der Waals surface area contributed by atoms with E-state index < -0.39 is 5.60 Å². The van der Waals surface area contributed by atoms with Gasteiger partial charge in [0, 0.05) is 5.41 Å². The first kappa shape index (κ1) is 15.4. The lowest BCUT2D eigenvalue weighted by Gasteiger charge is -2.65. The largest absolute Gasteiger partial charge is 0.396 e. The van der Waals surface area contributed by atoms with E-state index in [1.165, 1.54) is 44.9 Å². The second-order valence-electron chi connectivity index (χ2n) is 9.54. The van der Waals surface area contributed by atoms with E-state index >= 15 is 0 Å². The molecule has 0 aromatic rings. The number of hydrogen-bond acceptors (Lipinski definition) is 2. The van der Waals surface area contributed by atoms with Gasteiger partial charge in [-0.3, -0.25) is 0 Å². The van der Waals surface area contributed by atoms with Crippen LogP contribution in [-0.2, 0) is 0 Å². The van der Waals surface area contributed by atoms with Crippen LogP contribution in [0.15, 0.2) is 0 Å². The van der Waals surface area contributed by atoms with E-state index in [0.29, 0.717) is 17.3 Å². The molecule has 0 aromatic carbocycles. The molecule has 2 N–H and O–H groups in total. The second kappa shape index (κ2) is 4.96. The lowest BCUT2D eigenvalue weighted by Crippen LogP contribution is -2.66. The smallest absolute Gasteiger partial charge is 0.0753 e. The molecule has 4 aliphatic rings. The molecule has 0 aliphatic heterocycles. The maximum Gasteiger partial charge on any atom is 0.0753 e. The Bertz CT molecular complexity index is 449. The highest BCUT2D eigenvalue weighted by Crippen LogP contribution is 2.68. The van der Waals surface area contributed by atoms with Crippen molar-refractivity contribution < 1.29 is 10.2 Å². The van der Waals surface area contributed by atoms with Crippen molar-refractivity contribution in [3.63, 3.8) is 0 Å².